The van der Waals surface area contributed by atoms with Gasteiger partial charge in [-0.3, -0.25) is 4.79 Å². The maximum absolute atomic E-state index is 11.5. The van der Waals surface area contributed by atoms with Crippen LogP contribution in [0.15, 0.2) is 0 Å². The van der Waals surface area contributed by atoms with E-state index in [2.05, 4.69) is 15.6 Å². The standard InChI is InChI=1S/C9H16N4OS/c1-4-11-8(14)6-7(10)13-9(15-6)12-5(2)3/h5H,4,10H2,1-3H3,(H,11,14)(H,12,13). The second kappa shape index (κ2) is 4.97. The van der Waals surface area contributed by atoms with Crippen LogP contribution in [0.2, 0.25) is 0 Å². The first kappa shape index (κ1) is 11.8. The molecule has 1 rings (SSSR count). The van der Waals surface area contributed by atoms with Crippen LogP contribution in [-0.4, -0.2) is 23.5 Å². The predicted octanol–water partition coefficient (Wildman–Crippen LogP) is 1.30. The molecule has 0 radical (unpaired) electrons. The monoisotopic (exact) mass is 228 g/mol. The van der Waals surface area contributed by atoms with Crippen LogP contribution in [0.5, 0.6) is 0 Å². The maximum atomic E-state index is 11.5. The number of nitrogen functional groups attached to an aromatic ring is 1. The lowest BCUT2D eigenvalue weighted by molar-refractivity contribution is 0.0960. The van der Waals surface area contributed by atoms with Crippen molar-refractivity contribution in [2.75, 3.05) is 17.6 Å². The minimum atomic E-state index is -0.163. The Hall–Kier alpha value is -1.30. The average Bonchev–Trinajstić information content (AvgIpc) is 2.46. The van der Waals surface area contributed by atoms with E-state index in [1.807, 2.05) is 20.8 Å². The highest BCUT2D eigenvalue weighted by Crippen LogP contribution is 2.25. The Morgan fingerprint density at radius 3 is 2.80 bits per heavy atom. The predicted molar refractivity (Wildman–Crippen MR) is 63.3 cm³/mol. The normalized spacial score (nSPS) is 10.4. The van der Waals surface area contributed by atoms with Crippen LogP contribution in [-0.2, 0) is 0 Å². The zero-order chi connectivity index (χ0) is 11.4. The number of carbonyl (C=O) groups is 1. The highest BCUT2D eigenvalue weighted by molar-refractivity contribution is 7.18. The van der Waals surface area contributed by atoms with Crippen LogP contribution < -0.4 is 16.4 Å². The molecule has 0 saturated heterocycles. The lowest BCUT2D eigenvalue weighted by atomic mass is 10.4. The Bertz CT molecular complexity index is 348. The Balaban J connectivity index is 2.81. The lowest BCUT2D eigenvalue weighted by Gasteiger charge is -2.03. The van der Waals surface area contributed by atoms with Crippen LogP contribution in [0.3, 0.4) is 0 Å². The molecular formula is C9H16N4OS. The number of hydrogen-bond donors (Lipinski definition) is 3. The van der Waals surface area contributed by atoms with Crippen molar-refractivity contribution < 1.29 is 4.79 Å². The van der Waals surface area contributed by atoms with E-state index in [4.69, 9.17) is 5.73 Å². The number of hydrogen-bond acceptors (Lipinski definition) is 5. The SMILES string of the molecule is CCNC(=O)c1sc(NC(C)C)nc1N. The number of nitrogens with zero attached hydrogens (tertiary/aromatic N) is 1. The zero-order valence-corrected chi connectivity index (χ0v) is 9.94. The topological polar surface area (TPSA) is 80.0 Å². The maximum Gasteiger partial charge on any atom is 0.265 e. The fourth-order valence-corrected chi connectivity index (χ4v) is 1.99. The third kappa shape index (κ3) is 3.09. The van der Waals surface area contributed by atoms with E-state index >= 15 is 0 Å². The zero-order valence-electron chi connectivity index (χ0n) is 9.13. The van der Waals surface area contributed by atoms with Crippen LogP contribution in [0.4, 0.5) is 10.9 Å². The van der Waals surface area contributed by atoms with Gasteiger partial charge in [-0.1, -0.05) is 11.3 Å². The fraction of sp³-hybridized carbons (Fsp3) is 0.556. The first-order valence-electron chi connectivity index (χ1n) is 4.85. The summed E-state index contributed by atoms with van der Waals surface area (Å²) in [7, 11) is 0. The number of nitrogens with two attached hydrogens (primary N) is 1. The highest BCUT2D eigenvalue weighted by atomic mass is 32.1. The molecule has 4 N–H and O–H groups in total. The van der Waals surface area contributed by atoms with E-state index in [0.717, 1.165) is 0 Å². The minimum absolute atomic E-state index is 0.163. The number of amides is 1. The van der Waals surface area contributed by atoms with Crippen molar-refractivity contribution >= 4 is 28.2 Å². The summed E-state index contributed by atoms with van der Waals surface area (Å²) in [5, 5.41) is 6.49. The summed E-state index contributed by atoms with van der Waals surface area (Å²) in [6.45, 7) is 6.46. The first-order chi connectivity index (χ1) is 7.04. The van der Waals surface area contributed by atoms with Gasteiger partial charge in [0.25, 0.3) is 5.91 Å². The minimum Gasteiger partial charge on any atom is -0.382 e. The Labute approximate surface area is 93.1 Å². The van der Waals surface area contributed by atoms with E-state index in [1.54, 1.807) is 0 Å². The third-order valence-electron chi connectivity index (χ3n) is 1.61. The van der Waals surface area contributed by atoms with Gasteiger partial charge in [0, 0.05) is 12.6 Å². The third-order valence-corrected chi connectivity index (χ3v) is 2.61. The highest BCUT2D eigenvalue weighted by Gasteiger charge is 2.15. The van der Waals surface area contributed by atoms with Crippen LogP contribution >= 0.6 is 11.3 Å². The molecule has 0 fully saturated rings. The van der Waals surface area contributed by atoms with Gasteiger partial charge in [0.2, 0.25) is 0 Å². The summed E-state index contributed by atoms with van der Waals surface area (Å²) in [6, 6.07) is 0.276. The molecule has 6 heteroatoms. The van der Waals surface area contributed by atoms with E-state index < -0.39 is 0 Å². The number of nitrogens with one attached hydrogen (secondary N) is 2. The van der Waals surface area contributed by atoms with Gasteiger partial charge in [-0.25, -0.2) is 4.98 Å². The van der Waals surface area contributed by atoms with Crippen molar-refractivity contribution in [3.8, 4) is 0 Å². The van der Waals surface area contributed by atoms with Gasteiger partial charge in [0.1, 0.15) is 10.7 Å². The van der Waals surface area contributed by atoms with Crippen molar-refractivity contribution in [3.63, 3.8) is 0 Å². The molecule has 1 heterocycles. The molecule has 0 atom stereocenters. The van der Waals surface area contributed by atoms with E-state index in [0.29, 0.717) is 16.6 Å². The average molecular weight is 228 g/mol. The molecule has 5 nitrogen and oxygen atoms in total. The second-order valence-corrected chi connectivity index (χ2v) is 4.39. The molecule has 0 saturated carbocycles. The Morgan fingerprint density at radius 1 is 1.60 bits per heavy atom. The number of rotatable bonds is 4. The molecule has 15 heavy (non-hydrogen) atoms. The summed E-state index contributed by atoms with van der Waals surface area (Å²) in [5.74, 6) is 0.124. The van der Waals surface area contributed by atoms with E-state index in [-0.39, 0.29) is 17.8 Å². The molecular weight excluding hydrogens is 212 g/mol. The number of anilines is 2. The van der Waals surface area contributed by atoms with Gasteiger partial charge < -0.3 is 16.4 Å². The van der Waals surface area contributed by atoms with E-state index in [1.165, 1.54) is 11.3 Å². The van der Waals surface area contributed by atoms with Crippen LogP contribution in [0.25, 0.3) is 0 Å². The molecule has 84 valence electrons. The summed E-state index contributed by atoms with van der Waals surface area (Å²) in [5.41, 5.74) is 5.65. The molecule has 0 bridgehead atoms. The summed E-state index contributed by atoms with van der Waals surface area (Å²) in [6.07, 6.45) is 0. The number of carbonyl (C=O) groups excluding carboxylic acids is 1. The van der Waals surface area contributed by atoms with Gasteiger partial charge in [-0.05, 0) is 20.8 Å². The quantitative estimate of drug-likeness (QED) is 0.725. The molecule has 1 aromatic heterocycles. The fourth-order valence-electron chi connectivity index (χ4n) is 1.04. The molecule has 0 aliphatic rings. The van der Waals surface area contributed by atoms with Gasteiger partial charge in [-0.2, -0.15) is 0 Å². The van der Waals surface area contributed by atoms with Crippen molar-refractivity contribution in [1.29, 1.82) is 0 Å². The smallest absolute Gasteiger partial charge is 0.265 e. The van der Waals surface area contributed by atoms with Gasteiger partial charge >= 0.3 is 0 Å². The van der Waals surface area contributed by atoms with E-state index in [9.17, 15) is 4.79 Å². The van der Waals surface area contributed by atoms with Crippen molar-refractivity contribution in [3.05, 3.63) is 4.88 Å². The Kier molecular flexibility index (Phi) is 3.90. The molecule has 0 spiro atoms. The molecule has 0 aliphatic heterocycles. The lowest BCUT2D eigenvalue weighted by Crippen LogP contribution is -2.22. The molecule has 1 aromatic rings. The Morgan fingerprint density at radius 2 is 2.27 bits per heavy atom. The molecule has 0 aromatic carbocycles. The summed E-state index contributed by atoms with van der Waals surface area (Å²) >= 11 is 1.28. The molecule has 0 aliphatic carbocycles. The number of aromatic nitrogens is 1. The first-order valence-corrected chi connectivity index (χ1v) is 5.67. The van der Waals surface area contributed by atoms with Gasteiger partial charge in [-0.15, -0.1) is 0 Å². The van der Waals surface area contributed by atoms with Gasteiger partial charge in [0.15, 0.2) is 5.13 Å². The second-order valence-electron chi connectivity index (χ2n) is 3.39. The number of thiazole rings is 1. The van der Waals surface area contributed by atoms with Crippen molar-refractivity contribution in [2.24, 2.45) is 0 Å². The van der Waals surface area contributed by atoms with Crippen LogP contribution in [0, 0.1) is 0 Å². The van der Waals surface area contributed by atoms with Crippen molar-refractivity contribution in [1.82, 2.24) is 10.3 Å². The summed E-state index contributed by atoms with van der Waals surface area (Å²) < 4.78 is 0. The van der Waals surface area contributed by atoms with Crippen molar-refractivity contribution in [2.45, 2.75) is 26.8 Å². The van der Waals surface area contributed by atoms with Gasteiger partial charge in [0.05, 0.1) is 0 Å². The molecule has 1 amide bonds. The van der Waals surface area contributed by atoms with Crippen LogP contribution in [0.1, 0.15) is 30.4 Å². The summed E-state index contributed by atoms with van der Waals surface area (Å²) in [4.78, 5) is 16.1. The largest absolute Gasteiger partial charge is 0.382 e. The molecule has 0 unspecified atom stereocenters.